The summed E-state index contributed by atoms with van der Waals surface area (Å²) < 4.78 is 6.40. The van der Waals surface area contributed by atoms with E-state index in [-0.39, 0.29) is 31.4 Å². The smallest absolute Gasteiger partial charge is 0.333 e. The first-order valence-electron chi connectivity index (χ1n) is 17.6. The quantitative estimate of drug-likeness (QED) is 0.171. The lowest BCUT2D eigenvalue weighted by Crippen LogP contribution is -2.60. The maximum Gasteiger partial charge on any atom is 0.333 e. The number of carbonyl (C=O) groups is 5. The van der Waals surface area contributed by atoms with Crippen LogP contribution in [0.3, 0.4) is 0 Å². The highest BCUT2D eigenvalue weighted by atomic mass is 35.5. The number of likely N-dealkylation sites (tertiary alicyclic amines) is 1. The van der Waals surface area contributed by atoms with Crippen LogP contribution in [0.2, 0.25) is 5.02 Å². The number of esters is 1. The molecule has 2 aromatic carbocycles. The highest BCUT2D eigenvalue weighted by Crippen LogP contribution is 2.52. The largest absolute Gasteiger partial charge is 0.464 e. The molecule has 2 heterocycles. The van der Waals surface area contributed by atoms with Crippen molar-refractivity contribution in [2.75, 3.05) is 18.1 Å². The third-order valence-corrected chi connectivity index (χ3v) is 11.7. The molecule has 4 amide bonds. The predicted octanol–water partition coefficient (Wildman–Crippen LogP) is 6.13. The minimum Gasteiger partial charge on any atom is -0.464 e. The van der Waals surface area contributed by atoms with E-state index in [2.05, 4.69) is 17.2 Å². The van der Waals surface area contributed by atoms with Crippen molar-refractivity contribution in [3.05, 3.63) is 77.2 Å². The van der Waals surface area contributed by atoms with Gasteiger partial charge in [0.05, 0.1) is 11.6 Å². The number of fused-ring (bicyclic) bond motifs is 1. The minimum atomic E-state index is -1.35. The van der Waals surface area contributed by atoms with Gasteiger partial charge < -0.3 is 20.3 Å². The van der Waals surface area contributed by atoms with Gasteiger partial charge in [-0.3, -0.25) is 24.1 Å². The van der Waals surface area contributed by atoms with Crippen LogP contribution in [0.1, 0.15) is 69.5 Å². The summed E-state index contributed by atoms with van der Waals surface area (Å²) in [5, 5.41) is 7.13. The van der Waals surface area contributed by atoms with Gasteiger partial charge in [-0.1, -0.05) is 74.8 Å². The minimum absolute atomic E-state index is 0.00843. The molecule has 1 aromatic heterocycles. The van der Waals surface area contributed by atoms with Crippen LogP contribution in [-0.2, 0) is 23.9 Å². The summed E-state index contributed by atoms with van der Waals surface area (Å²) in [6.07, 6.45) is 4.34. The Morgan fingerprint density at radius 3 is 2.39 bits per heavy atom. The number of ether oxygens (including phenoxy) is 1. The molecule has 5 atom stereocenters. The fourth-order valence-corrected chi connectivity index (χ4v) is 8.54. The van der Waals surface area contributed by atoms with Gasteiger partial charge in [0.15, 0.2) is 5.54 Å². The Hall–Kier alpha value is -4.22. The zero-order chi connectivity index (χ0) is 36.7. The van der Waals surface area contributed by atoms with Crippen LogP contribution in [-0.4, -0.2) is 71.3 Å². The van der Waals surface area contributed by atoms with Gasteiger partial charge in [0, 0.05) is 40.7 Å². The molecule has 3 aromatic rings. The monoisotopic (exact) mass is 732 g/mol. The number of para-hydroxylation sites is 1. The number of nitrogens with zero attached hydrogens (tertiary/aromatic N) is 2. The fraction of sp³-hybridized carbons (Fsp3) is 0.462. The molecule has 0 bridgehead atoms. The van der Waals surface area contributed by atoms with Crippen LogP contribution in [0.5, 0.6) is 0 Å². The Bertz CT molecular complexity index is 1850. The Kier molecular flexibility index (Phi) is 10.3. The third-order valence-electron chi connectivity index (χ3n) is 10.1. The number of rotatable bonds is 12. The zero-order valence-electron chi connectivity index (χ0n) is 29.4. The summed E-state index contributed by atoms with van der Waals surface area (Å²) in [4.78, 5) is 73.6. The molecule has 2 saturated carbocycles. The van der Waals surface area contributed by atoms with Crippen LogP contribution < -0.4 is 15.5 Å². The summed E-state index contributed by atoms with van der Waals surface area (Å²) in [6.45, 7) is 11.4. The van der Waals surface area contributed by atoms with Gasteiger partial charge in [0.1, 0.15) is 17.0 Å². The molecule has 2 N–H and O–H groups in total. The molecule has 0 spiro atoms. The average Bonchev–Trinajstić information content (AvgIpc) is 3.99. The molecule has 6 rings (SSSR count). The number of halogens is 1. The zero-order valence-corrected chi connectivity index (χ0v) is 31.0. The molecule has 10 nitrogen and oxygen atoms in total. The van der Waals surface area contributed by atoms with Crippen molar-refractivity contribution in [3.63, 3.8) is 0 Å². The first-order chi connectivity index (χ1) is 24.3. The molecule has 2 aliphatic carbocycles. The number of benzene rings is 2. The standard InChI is InChI=1S/C39H45ClN4O6S/c1-6-24-21-39(24,37(49)50-7-2)44(26-13-9-8-10-14-26)35(47)28-20-25(41-34(46)32-31(40)27-15-11-12-16-29(27)51-32)22-43(28)36(48)33(38(3,4)5)42-30(45)19-23-17-18-23/h6,8-16,23-25,28,33H,1,7,17-22H2,2-5H3,(H,41,46)(H,42,45). The maximum atomic E-state index is 15.1. The Labute approximate surface area is 307 Å². The summed E-state index contributed by atoms with van der Waals surface area (Å²) in [5.74, 6) is -2.15. The van der Waals surface area contributed by atoms with E-state index in [0.717, 1.165) is 22.9 Å². The third kappa shape index (κ3) is 7.28. The lowest BCUT2D eigenvalue weighted by atomic mass is 9.85. The topological polar surface area (TPSA) is 125 Å². The number of thiophene rings is 1. The number of carbonyl (C=O) groups excluding carboxylic acids is 5. The molecule has 1 aliphatic heterocycles. The molecule has 1 saturated heterocycles. The Balaban J connectivity index is 1.37. The number of nitrogens with one attached hydrogen (secondary N) is 2. The predicted molar refractivity (Wildman–Crippen MR) is 199 cm³/mol. The van der Waals surface area contributed by atoms with Gasteiger partial charge in [0.25, 0.3) is 11.8 Å². The van der Waals surface area contributed by atoms with Gasteiger partial charge in [-0.25, -0.2) is 4.79 Å². The molecule has 51 heavy (non-hydrogen) atoms. The van der Waals surface area contributed by atoms with E-state index in [4.69, 9.17) is 16.3 Å². The van der Waals surface area contributed by atoms with E-state index in [0.29, 0.717) is 34.3 Å². The van der Waals surface area contributed by atoms with Crippen molar-refractivity contribution in [2.24, 2.45) is 17.3 Å². The van der Waals surface area contributed by atoms with E-state index in [1.165, 1.54) is 21.1 Å². The van der Waals surface area contributed by atoms with E-state index in [1.54, 1.807) is 37.3 Å². The van der Waals surface area contributed by atoms with Crippen LogP contribution >= 0.6 is 22.9 Å². The van der Waals surface area contributed by atoms with E-state index in [1.807, 2.05) is 51.1 Å². The highest BCUT2D eigenvalue weighted by molar-refractivity contribution is 7.21. The van der Waals surface area contributed by atoms with Crippen LogP contribution in [0.15, 0.2) is 67.3 Å². The highest BCUT2D eigenvalue weighted by Gasteiger charge is 2.67. The van der Waals surface area contributed by atoms with E-state index in [9.17, 15) is 19.2 Å². The Morgan fingerprint density at radius 1 is 1.10 bits per heavy atom. The van der Waals surface area contributed by atoms with Crippen molar-refractivity contribution in [1.82, 2.24) is 15.5 Å². The van der Waals surface area contributed by atoms with E-state index >= 15 is 4.79 Å². The van der Waals surface area contributed by atoms with Gasteiger partial charge >= 0.3 is 5.97 Å². The first kappa shape index (κ1) is 36.6. The SMILES string of the molecule is C=CC1CC1(C(=O)OCC)N(C(=O)C1CC(NC(=O)c2sc3ccccc3c2Cl)CN1C(=O)C(NC(=O)CC1CC1)C(C)(C)C)c1ccccc1. The molecule has 3 aliphatic rings. The number of hydrogen-bond acceptors (Lipinski definition) is 7. The van der Waals surface area contributed by atoms with Crippen molar-refractivity contribution < 1.29 is 28.7 Å². The molecule has 5 unspecified atom stereocenters. The number of amides is 4. The van der Waals surface area contributed by atoms with Crippen molar-refractivity contribution in [3.8, 4) is 0 Å². The normalized spacial score (nSPS) is 23.3. The van der Waals surface area contributed by atoms with Crippen molar-refractivity contribution >= 4 is 68.3 Å². The fourth-order valence-electron chi connectivity index (χ4n) is 7.12. The molecule has 12 heteroatoms. The second-order valence-electron chi connectivity index (χ2n) is 14.9. The summed E-state index contributed by atoms with van der Waals surface area (Å²) in [7, 11) is 0. The summed E-state index contributed by atoms with van der Waals surface area (Å²) in [5.41, 5.74) is -1.58. The van der Waals surface area contributed by atoms with Gasteiger partial charge in [-0.05, 0) is 62.1 Å². The van der Waals surface area contributed by atoms with Crippen molar-refractivity contribution in [1.29, 1.82) is 0 Å². The lowest BCUT2D eigenvalue weighted by molar-refractivity contribution is -0.148. The second-order valence-corrected chi connectivity index (χ2v) is 16.3. The maximum absolute atomic E-state index is 15.1. The molecule has 270 valence electrons. The molecule has 3 fully saturated rings. The van der Waals surface area contributed by atoms with Gasteiger partial charge in [0.2, 0.25) is 11.8 Å². The Morgan fingerprint density at radius 2 is 1.78 bits per heavy atom. The average molecular weight is 733 g/mol. The van der Waals surface area contributed by atoms with Crippen LogP contribution in [0.25, 0.3) is 10.1 Å². The molecular weight excluding hydrogens is 688 g/mol. The summed E-state index contributed by atoms with van der Waals surface area (Å²) in [6, 6.07) is 13.7. The summed E-state index contributed by atoms with van der Waals surface area (Å²) >= 11 is 7.93. The van der Waals surface area contributed by atoms with Gasteiger partial charge in [-0.15, -0.1) is 17.9 Å². The lowest BCUT2D eigenvalue weighted by Gasteiger charge is -2.38. The first-order valence-corrected chi connectivity index (χ1v) is 18.8. The number of anilines is 1. The second kappa shape index (κ2) is 14.4. The van der Waals surface area contributed by atoms with Crippen LogP contribution in [0, 0.1) is 17.3 Å². The van der Waals surface area contributed by atoms with Gasteiger partial charge in [-0.2, -0.15) is 0 Å². The van der Waals surface area contributed by atoms with Crippen LogP contribution in [0.4, 0.5) is 5.69 Å². The molecular formula is C39H45ClN4O6S. The molecule has 0 radical (unpaired) electrons. The number of hydrogen-bond donors (Lipinski definition) is 2. The van der Waals surface area contributed by atoms with Crippen molar-refractivity contribution in [2.45, 2.75) is 83.5 Å². The van der Waals surface area contributed by atoms with E-state index < -0.39 is 52.8 Å².